The van der Waals surface area contributed by atoms with Crippen molar-refractivity contribution >= 4 is 33.5 Å². The third kappa shape index (κ3) is 4.05. The fourth-order valence-corrected chi connectivity index (χ4v) is 3.98. The summed E-state index contributed by atoms with van der Waals surface area (Å²) in [6.45, 7) is 9.20. The Morgan fingerprint density at radius 1 is 1.42 bits per heavy atom. The predicted molar refractivity (Wildman–Crippen MR) is 101 cm³/mol. The van der Waals surface area contributed by atoms with Gasteiger partial charge in [-0.05, 0) is 44.6 Å². The summed E-state index contributed by atoms with van der Waals surface area (Å²) in [6.07, 6.45) is 3.85. The highest BCUT2D eigenvalue weighted by atomic mass is 32.1. The maximum Gasteiger partial charge on any atom is 0.407 e. The molecular formula is C18H23N5O2S. The van der Waals surface area contributed by atoms with E-state index < -0.39 is 11.7 Å². The Morgan fingerprint density at radius 3 is 2.88 bits per heavy atom. The van der Waals surface area contributed by atoms with Crippen LogP contribution in [0.4, 0.5) is 10.6 Å². The minimum absolute atomic E-state index is 0.0207. The van der Waals surface area contributed by atoms with Gasteiger partial charge in [0.2, 0.25) is 0 Å². The molecule has 0 saturated carbocycles. The summed E-state index contributed by atoms with van der Waals surface area (Å²) < 4.78 is 10.5. The van der Waals surface area contributed by atoms with E-state index in [0.717, 1.165) is 28.9 Å². The molecule has 0 bridgehead atoms. The van der Waals surface area contributed by atoms with Crippen molar-refractivity contribution in [1.29, 1.82) is 5.26 Å². The van der Waals surface area contributed by atoms with Gasteiger partial charge in [0.25, 0.3) is 0 Å². The monoisotopic (exact) mass is 373 g/mol. The number of aromatic nitrogens is 2. The van der Waals surface area contributed by atoms with E-state index in [4.69, 9.17) is 4.74 Å². The summed E-state index contributed by atoms with van der Waals surface area (Å²) in [5.74, 6) is 1.21. The lowest BCUT2D eigenvalue weighted by Gasteiger charge is -2.38. The first-order valence-corrected chi connectivity index (χ1v) is 9.42. The molecule has 0 aromatic carbocycles. The van der Waals surface area contributed by atoms with Crippen molar-refractivity contribution in [1.82, 2.24) is 14.7 Å². The van der Waals surface area contributed by atoms with Gasteiger partial charge in [-0.2, -0.15) is 9.64 Å². The third-order valence-electron chi connectivity index (χ3n) is 4.17. The van der Waals surface area contributed by atoms with Crippen molar-refractivity contribution in [3.63, 3.8) is 0 Å². The summed E-state index contributed by atoms with van der Waals surface area (Å²) in [6, 6.07) is 2.15. The topological polar surface area (TPSA) is 91.1 Å². The van der Waals surface area contributed by atoms with E-state index in [1.165, 1.54) is 11.5 Å². The summed E-state index contributed by atoms with van der Waals surface area (Å²) in [4.78, 5) is 18.8. The van der Waals surface area contributed by atoms with Crippen LogP contribution in [0.3, 0.4) is 0 Å². The normalized spacial score (nSPS) is 20.7. The molecule has 2 aromatic heterocycles. The first-order valence-electron chi connectivity index (χ1n) is 8.65. The number of nitrogens with zero attached hydrogens (tertiary/aromatic N) is 4. The first-order chi connectivity index (χ1) is 12.3. The molecule has 1 N–H and O–H groups in total. The van der Waals surface area contributed by atoms with Gasteiger partial charge in [-0.25, -0.2) is 9.78 Å². The number of hydrogen-bond acceptors (Lipinski definition) is 7. The molecule has 2 atom stereocenters. The highest BCUT2D eigenvalue weighted by Crippen LogP contribution is 2.32. The second kappa shape index (κ2) is 7.08. The zero-order chi connectivity index (χ0) is 18.9. The molecule has 1 aliphatic heterocycles. The van der Waals surface area contributed by atoms with Crippen molar-refractivity contribution in [2.24, 2.45) is 5.92 Å². The van der Waals surface area contributed by atoms with Gasteiger partial charge in [0.15, 0.2) is 0 Å². The zero-order valence-electron chi connectivity index (χ0n) is 15.4. The number of nitrogens with one attached hydrogen (secondary N) is 1. The Labute approximate surface area is 157 Å². The molecule has 26 heavy (non-hydrogen) atoms. The fourth-order valence-electron chi connectivity index (χ4n) is 3.28. The molecule has 8 heteroatoms. The maximum absolute atomic E-state index is 12.1. The quantitative estimate of drug-likeness (QED) is 0.868. The van der Waals surface area contributed by atoms with E-state index in [9.17, 15) is 10.1 Å². The summed E-state index contributed by atoms with van der Waals surface area (Å²) in [5.41, 5.74) is 0.0208. The number of anilines is 1. The molecule has 2 aromatic rings. The lowest BCUT2D eigenvalue weighted by atomic mass is 9.96. The smallest absolute Gasteiger partial charge is 0.407 e. The predicted octanol–water partition coefficient (Wildman–Crippen LogP) is 3.30. The van der Waals surface area contributed by atoms with Gasteiger partial charge in [0, 0.05) is 19.3 Å². The zero-order valence-corrected chi connectivity index (χ0v) is 16.3. The van der Waals surface area contributed by atoms with Gasteiger partial charge < -0.3 is 15.0 Å². The minimum Gasteiger partial charge on any atom is -0.444 e. The molecule has 7 nitrogen and oxygen atoms in total. The van der Waals surface area contributed by atoms with Crippen molar-refractivity contribution < 1.29 is 9.53 Å². The van der Waals surface area contributed by atoms with Crippen LogP contribution in [0.25, 0.3) is 10.1 Å². The van der Waals surface area contributed by atoms with Gasteiger partial charge in [0.1, 0.15) is 17.5 Å². The summed E-state index contributed by atoms with van der Waals surface area (Å²) in [7, 11) is 0. The van der Waals surface area contributed by atoms with Crippen LogP contribution in [0.5, 0.6) is 0 Å². The Kier molecular flexibility index (Phi) is 5.01. The van der Waals surface area contributed by atoms with Crippen LogP contribution < -0.4 is 10.2 Å². The van der Waals surface area contributed by atoms with E-state index in [-0.39, 0.29) is 6.04 Å². The molecule has 3 rings (SSSR count). The molecule has 0 aliphatic carbocycles. The van der Waals surface area contributed by atoms with Gasteiger partial charge >= 0.3 is 6.09 Å². The van der Waals surface area contributed by atoms with Crippen molar-refractivity contribution in [2.45, 2.75) is 45.8 Å². The average Bonchev–Trinajstić information content (AvgIpc) is 3.00. The van der Waals surface area contributed by atoms with Crippen LogP contribution in [-0.2, 0) is 4.74 Å². The third-order valence-corrected chi connectivity index (χ3v) is 5.01. The highest BCUT2D eigenvalue weighted by Gasteiger charge is 2.29. The van der Waals surface area contributed by atoms with Gasteiger partial charge in [-0.1, -0.05) is 6.92 Å². The largest absolute Gasteiger partial charge is 0.444 e. The van der Waals surface area contributed by atoms with Crippen LogP contribution in [0.15, 0.2) is 12.4 Å². The molecule has 0 unspecified atom stereocenters. The van der Waals surface area contributed by atoms with Gasteiger partial charge in [-0.3, -0.25) is 0 Å². The fraction of sp³-hybridized carbons (Fsp3) is 0.556. The molecular weight excluding hydrogens is 350 g/mol. The highest BCUT2D eigenvalue weighted by molar-refractivity contribution is 7.13. The number of rotatable bonds is 2. The number of pyridine rings is 1. The number of fused-ring (bicyclic) bond motifs is 1. The second-order valence-electron chi connectivity index (χ2n) is 7.76. The number of piperidine rings is 1. The van der Waals surface area contributed by atoms with Crippen molar-refractivity contribution in [3.05, 3.63) is 18.0 Å². The molecule has 3 heterocycles. The number of hydrogen-bond donors (Lipinski definition) is 1. The van der Waals surface area contributed by atoms with Crippen LogP contribution >= 0.6 is 11.5 Å². The number of ether oxygens (including phenoxy) is 1. The first kappa shape index (κ1) is 18.4. The summed E-state index contributed by atoms with van der Waals surface area (Å²) >= 11 is 1.31. The minimum atomic E-state index is -0.521. The molecule has 1 saturated heterocycles. The average molecular weight is 373 g/mol. The Bertz CT molecular complexity index is 851. The standard InChI is InChI=1S/C18H23N5O2S/c1-11-5-13(22-17(24)25-18(2,3)4)10-23(9-11)16-14-8-21-26-15(14)12(6-19)7-20-16/h7-8,11,13H,5,9-10H2,1-4H3,(H,22,24)/t11-,13+/m0/s1. The Hall–Kier alpha value is -2.40. The summed E-state index contributed by atoms with van der Waals surface area (Å²) in [5, 5.41) is 13.1. The maximum atomic E-state index is 12.1. The van der Waals surface area contributed by atoms with Crippen LogP contribution in [0.2, 0.25) is 0 Å². The Morgan fingerprint density at radius 2 is 2.19 bits per heavy atom. The lowest BCUT2D eigenvalue weighted by molar-refractivity contribution is 0.0495. The number of amides is 1. The van der Waals surface area contributed by atoms with E-state index in [1.807, 2.05) is 20.8 Å². The van der Waals surface area contributed by atoms with Gasteiger partial charge in [0.05, 0.1) is 27.9 Å². The van der Waals surface area contributed by atoms with E-state index >= 15 is 0 Å². The van der Waals surface area contributed by atoms with Crippen LogP contribution in [0.1, 0.15) is 39.7 Å². The SMILES string of the molecule is C[C@H]1C[C@@H](NC(=O)OC(C)(C)C)CN(c2ncc(C#N)c3sncc23)C1. The van der Waals surface area contributed by atoms with Crippen LogP contribution in [-0.4, -0.2) is 40.2 Å². The Balaban J connectivity index is 1.80. The lowest BCUT2D eigenvalue weighted by Crippen LogP contribution is -2.51. The second-order valence-corrected chi connectivity index (χ2v) is 8.57. The van der Waals surface area contributed by atoms with E-state index in [0.29, 0.717) is 18.0 Å². The van der Waals surface area contributed by atoms with Crippen LogP contribution in [0, 0.1) is 17.2 Å². The van der Waals surface area contributed by atoms with E-state index in [1.54, 1.807) is 12.4 Å². The van der Waals surface area contributed by atoms with Crippen molar-refractivity contribution in [2.75, 3.05) is 18.0 Å². The number of alkyl carbamates (subject to hydrolysis) is 1. The molecule has 1 amide bonds. The number of carbonyl (C=O) groups is 1. The molecule has 0 radical (unpaired) electrons. The number of nitriles is 1. The number of carbonyl (C=O) groups excluding carboxylic acids is 1. The molecule has 1 fully saturated rings. The van der Waals surface area contributed by atoms with Crippen molar-refractivity contribution in [3.8, 4) is 6.07 Å². The molecule has 0 spiro atoms. The molecule has 1 aliphatic rings. The molecule has 138 valence electrons. The van der Waals surface area contributed by atoms with E-state index in [2.05, 4.69) is 32.6 Å². The van der Waals surface area contributed by atoms with Gasteiger partial charge in [-0.15, -0.1) is 0 Å².